The molecule has 1 aromatic carbocycles. The fourth-order valence-corrected chi connectivity index (χ4v) is 4.97. The van der Waals surface area contributed by atoms with E-state index >= 15 is 0 Å². The summed E-state index contributed by atoms with van der Waals surface area (Å²) >= 11 is 0. The van der Waals surface area contributed by atoms with Gasteiger partial charge in [0, 0.05) is 0 Å². The van der Waals surface area contributed by atoms with E-state index in [0.717, 1.165) is 25.2 Å². The molecule has 0 radical (unpaired) electrons. The minimum Gasteiger partial charge on any atom is -0.481 e. The molecule has 2 bridgehead atoms. The predicted octanol–water partition coefficient (Wildman–Crippen LogP) is 5.39. The van der Waals surface area contributed by atoms with Crippen LogP contribution < -0.4 is 0 Å². The van der Waals surface area contributed by atoms with Crippen LogP contribution >= 0.6 is 0 Å². The van der Waals surface area contributed by atoms with E-state index in [2.05, 4.69) is 13.8 Å². The molecule has 4 atom stereocenters. The summed E-state index contributed by atoms with van der Waals surface area (Å²) in [4.78, 5) is 11.4. The van der Waals surface area contributed by atoms with Gasteiger partial charge in [-0.25, -0.2) is 0 Å². The largest absolute Gasteiger partial charge is 0.481 e. The molecule has 3 rings (SSSR count). The molecule has 122 valence electrons. The van der Waals surface area contributed by atoms with E-state index in [4.69, 9.17) is 0 Å². The normalized spacial score (nSPS) is 36.9. The van der Waals surface area contributed by atoms with Crippen LogP contribution in [0.15, 0.2) is 36.4 Å². The fourth-order valence-electron chi connectivity index (χ4n) is 4.97. The number of aliphatic carboxylic acids is 1. The Kier molecular flexibility index (Phi) is 5.31. The smallest absolute Gasteiger partial charge is 0.309 e. The van der Waals surface area contributed by atoms with Gasteiger partial charge in [0.2, 0.25) is 0 Å². The van der Waals surface area contributed by atoms with E-state index in [0.29, 0.717) is 11.3 Å². The van der Waals surface area contributed by atoms with Crippen LogP contribution in [0.25, 0.3) is 0 Å². The van der Waals surface area contributed by atoms with Crippen molar-refractivity contribution in [1.29, 1.82) is 0 Å². The Hall–Kier alpha value is -1.31. The standard InChI is InChI=1S/C14H24O2.C6H6/c1-4-14-6-10(2)5-11(8-14)7-13(3,9-14)12(15)16;1-2-4-6-5-3-1/h10-11H,4-9H2,1-3H3,(H,15,16);1-6H. The number of carboxylic acid groups (broad SMARTS) is 1. The molecule has 0 saturated heterocycles. The second-order valence-corrected chi connectivity index (χ2v) is 7.87. The molecule has 4 unspecified atom stereocenters. The van der Waals surface area contributed by atoms with Gasteiger partial charge in [-0.2, -0.15) is 0 Å². The predicted molar refractivity (Wildman–Crippen MR) is 90.6 cm³/mol. The first-order chi connectivity index (χ1) is 10.4. The van der Waals surface area contributed by atoms with Crippen molar-refractivity contribution in [1.82, 2.24) is 0 Å². The molecule has 2 aliphatic rings. The van der Waals surface area contributed by atoms with Crippen LogP contribution in [-0.4, -0.2) is 11.1 Å². The van der Waals surface area contributed by atoms with Crippen LogP contribution in [0.1, 0.15) is 59.3 Å². The summed E-state index contributed by atoms with van der Waals surface area (Å²) in [5.41, 5.74) is -0.132. The molecule has 0 spiro atoms. The van der Waals surface area contributed by atoms with Crippen molar-refractivity contribution < 1.29 is 9.90 Å². The number of carbonyl (C=O) groups is 1. The Bertz CT molecular complexity index is 453. The minimum absolute atomic E-state index is 0.327. The van der Waals surface area contributed by atoms with E-state index in [1.807, 2.05) is 43.3 Å². The SMILES string of the molecule is CCC12CC(C)CC(C1)CC(C)(C(=O)O)C2.c1ccccc1. The highest BCUT2D eigenvalue weighted by molar-refractivity contribution is 5.74. The number of carboxylic acids is 1. The van der Waals surface area contributed by atoms with Crippen molar-refractivity contribution in [2.75, 3.05) is 0 Å². The molecule has 0 heterocycles. The van der Waals surface area contributed by atoms with Crippen LogP contribution in [0.5, 0.6) is 0 Å². The maximum atomic E-state index is 11.4. The van der Waals surface area contributed by atoms with Gasteiger partial charge < -0.3 is 5.11 Å². The number of benzene rings is 1. The Morgan fingerprint density at radius 2 is 1.64 bits per heavy atom. The molecule has 1 N–H and O–H groups in total. The Balaban J connectivity index is 0.000000246. The molecule has 1 aromatic rings. The zero-order chi connectivity index (χ0) is 16.2. The second kappa shape index (κ2) is 6.85. The quantitative estimate of drug-likeness (QED) is 0.795. The summed E-state index contributed by atoms with van der Waals surface area (Å²) in [7, 11) is 0. The van der Waals surface area contributed by atoms with Gasteiger partial charge in [0.25, 0.3) is 0 Å². The highest BCUT2D eigenvalue weighted by atomic mass is 16.4. The molecule has 2 fully saturated rings. The second-order valence-electron chi connectivity index (χ2n) is 7.87. The van der Waals surface area contributed by atoms with E-state index in [-0.39, 0.29) is 0 Å². The molecule has 0 amide bonds. The van der Waals surface area contributed by atoms with Gasteiger partial charge in [-0.3, -0.25) is 4.79 Å². The summed E-state index contributed by atoms with van der Waals surface area (Å²) in [6, 6.07) is 12.0. The zero-order valence-corrected chi connectivity index (χ0v) is 14.2. The topological polar surface area (TPSA) is 37.3 Å². The van der Waals surface area contributed by atoms with Crippen LogP contribution in [-0.2, 0) is 4.79 Å². The maximum absolute atomic E-state index is 11.4. The number of rotatable bonds is 2. The highest BCUT2D eigenvalue weighted by Gasteiger charge is 2.51. The zero-order valence-electron chi connectivity index (χ0n) is 14.2. The van der Waals surface area contributed by atoms with Gasteiger partial charge in [0.05, 0.1) is 5.41 Å². The summed E-state index contributed by atoms with van der Waals surface area (Å²) < 4.78 is 0. The number of hydrogen-bond donors (Lipinski definition) is 1. The number of hydrogen-bond acceptors (Lipinski definition) is 1. The van der Waals surface area contributed by atoms with Gasteiger partial charge in [0.1, 0.15) is 0 Å². The molecule has 22 heavy (non-hydrogen) atoms. The maximum Gasteiger partial charge on any atom is 0.309 e. The van der Waals surface area contributed by atoms with Crippen molar-refractivity contribution in [2.45, 2.75) is 59.3 Å². The van der Waals surface area contributed by atoms with Crippen LogP contribution in [0, 0.1) is 22.7 Å². The average Bonchev–Trinajstić information content (AvgIpc) is 2.48. The van der Waals surface area contributed by atoms with E-state index < -0.39 is 11.4 Å². The molecule has 2 aliphatic carbocycles. The van der Waals surface area contributed by atoms with Gasteiger partial charge >= 0.3 is 5.97 Å². The summed E-state index contributed by atoms with van der Waals surface area (Å²) in [5.74, 6) is 0.861. The van der Waals surface area contributed by atoms with Gasteiger partial charge in [0.15, 0.2) is 0 Å². The molecular weight excluding hydrogens is 272 g/mol. The van der Waals surface area contributed by atoms with E-state index in [1.54, 1.807) is 0 Å². The molecule has 0 aliphatic heterocycles. The van der Waals surface area contributed by atoms with Crippen LogP contribution in [0.3, 0.4) is 0 Å². The Labute approximate surface area is 134 Å². The Morgan fingerprint density at radius 1 is 1.09 bits per heavy atom. The third-order valence-electron chi connectivity index (χ3n) is 5.68. The molecule has 2 saturated carbocycles. The monoisotopic (exact) mass is 302 g/mol. The van der Waals surface area contributed by atoms with E-state index in [9.17, 15) is 9.90 Å². The highest BCUT2D eigenvalue weighted by Crippen LogP contribution is 2.58. The van der Waals surface area contributed by atoms with Crippen molar-refractivity contribution in [3.63, 3.8) is 0 Å². The average molecular weight is 302 g/mol. The van der Waals surface area contributed by atoms with Crippen molar-refractivity contribution in [3.05, 3.63) is 36.4 Å². The lowest BCUT2D eigenvalue weighted by atomic mass is 9.51. The molecular formula is C20H30O2. The van der Waals surface area contributed by atoms with Crippen molar-refractivity contribution >= 4 is 5.97 Å². The third kappa shape index (κ3) is 3.91. The first-order valence-electron chi connectivity index (χ1n) is 8.62. The van der Waals surface area contributed by atoms with Gasteiger partial charge in [-0.15, -0.1) is 0 Å². The third-order valence-corrected chi connectivity index (χ3v) is 5.68. The minimum atomic E-state index is -0.579. The molecule has 0 aromatic heterocycles. The summed E-state index contributed by atoms with van der Waals surface area (Å²) in [5, 5.41) is 9.43. The van der Waals surface area contributed by atoms with Crippen molar-refractivity contribution in [3.8, 4) is 0 Å². The first-order valence-corrected chi connectivity index (χ1v) is 8.62. The van der Waals surface area contributed by atoms with Crippen molar-refractivity contribution in [2.24, 2.45) is 22.7 Å². The van der Waals surface area contributed by atoms with E-state index in [1.165, 1.54) is 19.3 Å². The first kappa shape index (κ1) is 17.1. The van der Waals surface area contributed by atoms with Crippen LogP contribution in [0.4, 0.5) is 0 Å². The lowest BCUT2D eigenvalue weighted by molar-refractivity contribution is -0.157. The number of fused-ring (bicyclic) bond motifs is 2. The summed E-state index contributed by atoms with van der Waals surface area (Å²) in [6.07, 6.45) is 6.70. The Morgan fingerprint density at radius 3 is 2.09 bits per heavy atom. The summed E-state index contributed by atoms with van der Waals surface area (Å²) in [6.45, 7) is 6.53. The fraction of sp³-hybridized carbons (Fsp3) is 0.650. The lowest BCUT2D eigenvalue weighted by Gasteiger charge is -2.53. The molecule has 2 nitrogen and oxygen atoms in total. The van der Waals surface area contributed by atoms with Gasteiger partial charge in [-0.05, 0) is 56.3 Å². The molecule has 2 heteroatoms. The van der Waals surface area contributed by atoms with Gasteiger partial charge in [-0.1, -0.05) is 56.7 Å². The lowest BCUT2D eigenvalue weighted by Crippen LogP contribution is -2.46. The van der Waals surface area contributed by atoms with Crippen LogP contribution in [0.2, 0.25) is 0 Å².